The number of aromatic amines is 1. The molecule has 0 bridgehead atoms. The highest BCUT2D eigenvalue weighted by molar-refractivity contribution is 5.91. The molecule has 0 spiro atoms. The van der Waals surface area contributed by atoms with Crippen molar-refractivity contribution in [3.05, 3.63) is 36.3 Å². The van der Waals surface area contributed by atoms with E-state index in [4.69, 9.17) is 9.72 Å². The number of H-pyrrole nitrogens is 1. The molecule has 1 unspecified atom stereocenters. The third kappa shape index (κ3) is 2.84. The van der Waals surface area contributed by atoms with Crippen molar-refractivity contribution in [2.75, 3.05) is 24.7 Å². The van der Waals surface area contributed by atoms with Gasteiger partial charge in [-0.05, 0) is 19.1 Å². The first-order valence-corrected chi connectivity index (χ1v) is 9.06. The number of halogens is 2. The molecule has 4 heterocycles. The van der Waals surface area contributed by atoms with Gasteiger partial charge in [0.15, 0.2) is 5.82 Å². The van der Waals surface area contributed by atoms with Gasteiger partial charge < -0.3 is 14.6 Å². The van der Waals surface area contributed by atoms with E-state index >= 15 is 0 Å². The maximum atomic E-state index is 13.8. The fourth-order valence-corrected chi connectivity index (χ4v) is 3.66. The van der Waals surface area contributed by atoms with Crippen LogP contribution in [0.2, 0.25) is 0 Å². The van der Waals surface area contributed by atoms with Crippen LogP contribution in [0.15, 0.2) is 30.6 Å². The van der Waals surface area contributed by atoms with Gasteiger partial charge in [-0.1, -0.05) is 0 Å². The predicted molar refractivity (Wildman–Crippen MR) is 97.1 cm³/mol. The normalized spacial score (nSPS) is 24.3. The number of morpholine rings is 1. The molecule has 2 aliphatic rings. The van der Waals surface area contributed by atoms with Crippen LogP contribution in [0.5, 0.6) is 0 Å². The van der Waals surface area contributed by atoms with Gasteiger partial charge in [-0.15, -0.1) is 0 Å². The monoisotopic (exact) mass is 371 g/mol. The third-order valence-corrected chi connectivity index (χ3v) is 5.28. The van der Waals surface area contributed by atoms with Gasteiger partial charge in [-0.2, -0.15) is 0 Å². The molecule has 3 aromatic rings. The second-order valence-corrected chi connectivity index (χ2v) is 7.21. The zero-order valence-corrected chi connectivity index (χ0v) is 14.8. The first-order chi connectivity index (χ1) is 13.0. The molecule has 27 heavy (non-hydrogen) atoms. The Morgan fingerprint density at radius 2 is 2.15 bits per heavy atom. The van der Waals surface area contributed by atoms with Gasteiger partial charge in [-0.3, -0.25) is 0 Å². The van der Waals surface area contributed by atoms with Crippen LogP contribution in [0.1, 0.15) is 25.0 Å². The molecule has 140 valence electrons. The molecule has 0 aromatic carbocycles. The number of ether oxygens (including phenoxy) is 1. The van der Waals surface area contributed by atoms with Gasteiger partial charge in [0.1, 0.15) is 11.5 Å². The highest BCUT2D eigenvalue weighted by Gasteiger charge is 2.58. The number of pyridine rings is 1. The molecular formula is C19H19F2N5O. The molecular weight excluding hydrogens is 352 g/mol. The van der Waals surface area contributed by atoms with Crippen LogP contribution in [-0.2, 0) is 4.74 Å². The van der Waals surface area contributed by atoms with Crippen LogP contribution in [0, 0.1) is 0 Å². The number of nitrogens with zero attached hydrogens (tertiary/aromatic N) is 4. The summed E-state index contributed by atoms with van der Waals surface area (Å²) < 4.78 is 33.0. The quantitative estimate of drug-likeness (QED) is 0.765. The SMILES string of the molecule is C[C@@H]1COCCN1c1cc(C2CC2(F)F)nc(-c2ccnc3[nH]ccc23)n1. The van der Waals surface area contributed by atoms with Gasteiger partial charge >= 0.3 is 0 Å². The van der Waals surface area contributed by atoms with Crippen LogP contribution in [0.4, 0.5) is 14.6 Å². The van der Waals surface area contributed by atoms with E-state index < -0.39 is 11.8 Å². The fraction of sp³-hybridized carbons (Fsp3) is 0.421. The predicted octanol–water partition coefficient (Wildman–Crippen LogP) is 3.37. The Kier molecular flexibility index (Phi) is 3.65. The van der Waals surface area contributed by atoms with E-state index in [-0.39, 0.29) is 12.5 Å². The number of rotatable bonds is 3. The molecule has 0 radical (unpaired) electrons. The van der Waals surface area contributed by atoms with Crippen LogP contribution in [0.25, 0.3) is 22.4 Å². The van der Waals surface area contributed by atoms with Crippen molar-refractivity contribution < 1.29 is 13.5 Å². The molecule has 2 atom stereocenters. The van der Waals surface area contributed by atoms with Crippen LogP contribution in [0.3, 0.4) is 0 Å². The van der Waals surface area contributed by atoms with Crippen molar-refractivity contribution in [3.63, 3.8) is 0 Å². The van der Waals surface area contributed by atoms with Gasteiger partial charge in [0.05, 0.1) is 30.9 Å². The Hall–Kier alpha value is -2.61. The molecule has 6 nitrogen and oxygen atoms in total. The maximum Gasteiger partial charge on any atom is 0.257 e. The summed E-state index contributed by atoms with van der Waals surface area (Å²) in [6, 6.07) is 5.56. The van der Waals surface area contributed by atoms with Crippen molar-refractivity contribution in [2.45, 2.75) is 31.2 Å². The van der Waals surface area contributed by atoms with E-state index in [9.17, 15) is 8.78 Å². The first kappa shape index (κ1) is 16.6. The van der Waals surface area contributed by atoms with Crippen molar-refractivity contribution in [1.82, 2.24) is 19.9 Å². The molecule has 0 amide bonds. The molecule has 1 N–H and O–H groups in total. The molecule has 2 fully saturated rings. The Morgan fingerprint density at radius 1 is 1.30 bits per heavy atom. The second-order valence-electron chi connectivity index (χ2n) is 7.21. The molecule has 8 heteroatoms. The smallest absolute Gasteiger partial charge is 0.257 e. The summed E-state index contributed by atoms with van der Waals surface area (Å²) >= 11 is 0. The van der Waals surface area contributed by atoms with Crippen molar-refractivity contribution in [3.8, 4) is 11.4 Å². The number of hydrogen-bond acceptors (Lipinski definition) is 5. The lowest BCUT2D eigenvalue weighted by atomic mass is 10.1. The zero-order chi connectivity index (χ0) is 18.6. The number of fused-ring (bicyclic) bond motifs is 1. The second kappa shape index (κ2) is 5.95. The van der Waals surface area contributed by atoms with Gasteiger partial charge in [0, 0.05) is 42.4 Å². The van der Waals surface area contributed by atoms with Crippen LogP contribution in [-0.4, -0.2) is 51.7 Å². The highest BCUT2D eigenvalue weighted by Crippen LogP contribution is 2.55. The van der Waals surface area contributed by atoms with Crippen molar-refractivity contribution >= 4 is 16.9 Å². The van der Waals surface area contributed by atoms with Crippen LogP contribution < -0.4 is 4.90 Å². The number of alkyl halides is 2. The summed E-state index contributed by atoms with van der Waals surface area (Å²) in [5.41, 5.74) is 1.91. The average molecular weight is 371 g/mol. The van der Waals surface area contributed by atoms with Crippen molar-refractivity contribution in [2.24, 2.45) is 0 Å². The minimum atomic E-state index is -2.68. The molecule has 1 saturated carbocycles. The average Bonchev–Trinajstić information content (AvgIpc) is 3.07. The van der Waals surface area contributed by atoms with E-state index in [0.29, 0.717) is 37.1 Å². The fourth-order valence-electron chi connectivity index (χ4n) is 3.66. The lowest BCUT2D eigenvalue weighted by Gasteiger charge is -2.34. The minimum Gasteiger partial charge on any atom is -0.377 e. The Morgan fingerprint density at radius 3 is 2.93 bits per heavy atom. The summed E-state index contributed by atoms with van der Waals surface area (Å²) in [6.45, 7) is 3.90. The van der Waals surface area contributed by atoms with E-state index in [1.807, 2.05) is 19.1 Å². The number of hydrogen-bond donors (Lipinski definition) is 1. The van der Waals surface area contributed by atoms with Crippen molar-refractivity contribution in [1.29, 1.82) is 0 Å². The van der Waals surface area contributed by atoms with E-state index in [1.54, 1.807) is 18.5 Å². The first-order valence-electron chi connectivity index (χ1n) is 9.06. The summed E-state index contributed by atoms with van der Waals surface area (Å²) in [5.74, 6) is -2.39. The Bertz CT molecular complexity index is 1000. The summed E-state index contributed by atoms with van der Waals surface area (Å²) in [6.07, 6.45) is 3.31. The Balaban J connectivity index is 1.65. The van der Waals surface area contributed by atoms with E-state index in [0.717, 1.165) is 16.6 Å². The number of aromatic nitrogens is 4. The van der Waals surface area contributed by atoms with E-state index in [2.05, 4.69) is 19.9 Å². The largest absolute Gasteiger partial charge is 0.377 e. The van der Waals surface area contributed by atoms with Gasteiger partial charge in [0.2, 0.25) is 0 Å². The number of nitrogens with one attached hydrogen (secondary N) is 1. The van der Waals surface area contributed by atoms with Gasteiger partial charge in [-0.25, -0.2) is 23.7 Å². The van der Waals surface area contributed by atoms with E-state index in [1.165, 1.54) is 0 Å². The molecule has 1 saturated heterocycles. The minimum absolute atomic E-state index is 0.124. The number of anilines is 1. The molecule has 5 rings (SSSR count). The lowest BCUT2D eigenvalue weighted by Crippen LogP contribution is -2.44. The topological polar surface area (TPSA) is 66.9 Å². The standard InChI is InChI=1S/C19H19F2N5O/c1-11-10-27-7-6-26(11)16-8-15(14-9-19(14,20)21)24-18(25-16)13-3-5-23-17-12(13)2-4-22-17/h2-5,8,11,14H,6-7,9-10H2,1H3,(H,22,23)/t11-,14?/m1/s1. The van der Waals surface area contributed by atoms with Crippen LogP contribution >= 0.6 is 0 Å². The Labute approximate surface area is 154 Å². The lowest BCUT2D eigenvalue weighted by molar-refractivity contribution is 0.0984. The summed E-state index contributed by atoms with van der Waals surface area (Å²) in [7, 11) is 0. The summed E-state index contributed by atoms with van der Waals surface area (Å²) in [4.78, 5) is 18.7. The van der Waals surface area contributed by atoms with Gasteiger partial charge in [0.25, 0.3) is 5.92 Å². The highest BCUT2D eigenvalue weighted by atomic mass is 19.3. The molecule has 1 aliphatic carbocycles. The summed E-state index contributed by atoms with van der Waals surface area (Å²) in [5, 5.41) is 0.873. The third-order valence-electron chi connectivity index (χ3n) is 5.28. The molecule has 1 aliphatic heterocycles. The zero-order valence-electron chi connectivity index (χ0n) is 14.8. The maximum absolute atomic E-state index is 13.8. The molecule has 3 aromatic heterocycles.